The van der Waals surface area contributed by atoms with Gasteiger partial charge >= 0.3 is 6.18 Å². The van der Waals surface area contributed by atoms with E-state index < -0.39 is 21.8 Å². The van der Waals surface area contributed by atoms with Crippen LogP contribution in [-0.2, 0) is 16.2 Å². The lowest BCUT2D eigenvalue weighted by Gasteiger charge is -2.32. The third-order valence-electron chi connectivity index (χ3n) is 5.19. The fourth-order valence-electron chi connectivity index (χ4n) is 3.43. The highest BCUT2D eigenvalue weighted by atomic mass is 35.5. The molecule has 32 heavy (non-hydrogen) atoms. The summed E-state index contributed by atoms with van der Waals surface area (Å²) in [5, 5.41) is 7.62. The Kier molecular flexibility index (Phi) is 7.24. The normalized spacial score (nSPS) is 15.5. The number of hydrogen-bond donors (Lipinski definition) is 2. The van der Waals surface area contributed by atoms with Gasteiger partial charge in [0, 0.05) is 19.2 Å². The van der Waals surface area contributed by atoms with Crippen LogP contribution >= 0.6 is 11.6 Å². The van der Waals surface area contributed by atoms with Crippen molar-refractivity contribution in [2.24, 2.45) is 5.92 Å². The second-order valence-corrected chi connectivity index (χ2v) is 9.66. The summed E-state index contributed by atoms with van der Waals surface area (Å²) < 4.78 is 73.3. The Hall–Kier alpha value is -2.46. The topological polar surface area (TPSA) is 82.5 Å². The lowest BCUT2D eigenvalue weighted by atomic mass is 9.98. The van der Waals surface area contributed by atoms with Crippen LogP contribution in [0.25, 0.3) is 0 Å². The van der Waals surface area contributed by atoms with Crippen LogP contribution in [0.2, 0.25) is 5.02 Å². The Morgan fingerprint density at radius 3 is 2.47 bits per heavy atom. The molecule has 0 saturated carbocycles. The standard InChI is InChI=1S/C21H23ClF3N3O3S/c1-14(26)28-8-6-15(7-9-28)13-31-18-11-16(21(23,24)25)10-17(12-18)27-32(29,30)20-5-3-2-4-19(20)22/h2-5,10-12,15,26-27H,6-9,13H2,1H3. The minimum atomic E-state index is -4.68. The number of nitrogens with one attached hydrogen (secondary N) is 2. The van der Waals surface area contributed by atoms with E-state index in [0.29, 0.717) is 25.0 Å². The summed E-state index contributed by atoms with van der Waals surface area (Å²) in [6.45, 7) is 3.29. The van der Waals surface area contributed by atoms with E-state index in [2.05, 4.69) is 4.72 Å². The second kappa shape index (κ2) is 9.58. The van der Waals surface area contributed by atoms with Crippen molar-refractivity contribution in [2.45, 2.75) is 30.8 Å². The predicted octanol–water partition coefficient (Wildman–Crippen LogP) is 5.25. The molecule has 11 heteroatoms. The summed E-state index contributed by atoms with van der Waals surface area (Å²) in [5.41, 5.74) is -1.30. The summed E-state index contributed by atoms with van der Waals surface area (Å²) >= 11 is 5.94. The Labute approximate surface area is 189 Å². The largest absolute Gasteiger partial charge is 0.493 e. The van der Waals surface area contributed by atoms with Crippen LogP contribution in [0.3, 0.4) is 0 Å². The summed E-state index contributed by atoms with van der Waals surface area (Å²) in [5.74, 6) is 0.531. The zero-order valence-electron chi connectivity index (χ0n) is 17.2. The van der Waals surface area contributed by atoms with E-state index >= 15 is 0 Å². The maximum atomic E-state index is 13.4. The van der Waals surface area contributed by atoms with Crippen molar-refractivity contribution in [1.82, 2.24) is 4.90 Å². The smallest absolute Gasteiger partial charge is 0.416 e. The van der Waals surface area contributed by atoms with Crippen molar-refractivity contribution in [2.75, 3.05) is 24.4 Å². The molecule has 0 bridgehead atoms. The van der Waals surface area contributed by atoms with Gasteiger partial charge < -0.3 is 9.64 Å². The lowest BCUT2D eigenvalue weighted by Crippen LogP contribution is -2.38. The molecule has 1 saturated heterocycles. The third kappa shape index (κ3) is 6.07. The molecule has 2 N–H and O–H groups in total. The Balaban J connectivity index is 1.78. The fraction of sp³-hybridized carbons (Fsp3) is 0.381. The second-order valence-electron chi connectivity index (χ2n) is 7.61. The molecule has 0 unspecified atom stereocenters. The molecule has 1 aliphatic heterocycles. The first-order chi connectivity index (χ1) is 15.0. The highest BCUT2D eigenvalue weighted by molar-refractivity contribution is 7.92. The minimum Gasteiger partial charge on any atom is -0.493 e. The SMILES string of the molecule is CC(=N)N1CCC(COc2cc(NS(=O)(=O)c3ccccc3Cl)cc(C(F)(F)F)c2)CC1. The number of likely N-dealkylation sites (tertiary alicyclic amines) is 1. The van der Waals surface area contributed by atoms with Crippen LogP contribution in [0.15, 0.2) is 47.4 Å². The number of alkyl halides is 3. The number of sulfonamides is 1. The van der Waals surface area contributed by atoms with Crippen LogP contribution < -0.4 is 9.46 Å². The average molecular weight is 490 g/mol. The molecular weight excluding hydrogens is 467 g/mol. The first-order valence-corrected chi connectivity index (χ1v) is 11.7. The average Bonchev–Trinajstić information content (AvgIpc) is 2.71. The number of hydrogen-bond acceptors (Lipinski definition) is 4. The van der Waals surface area contributed by atoms with E-state index in [0.717, 1.165) is 18.9 Å². The molecule has 0 aromatic heterocycles. The van der Waals surface area contributed by atoms with Gasteiger partial charge in [0.1, 0.15) is 10.6 Å². The monoisotopic (exact) mass is 489 g/mol. The molecule has 1 fully saturated rings. The van der Waals surface area contributed by atoms with E-state index in [9.17, 15) is 21.6 Å². The number of anilines is 1. The zero-order valence-corrected chi connectivity index (χ0v) is 18.8. The first kappa shape index (κ1) is 24.2. The Morgan fingerprint density at radius 1 is 1.22 bits per heavy atom. The van der Waals surface area contributed by atoms with E-state index in [1.165, 1.54) is 24.3 Å². The van der Waals surface area contributed by atoms with Gasteiger partial charge in [-0.2, -0.15) is 13.2 Å². The van der Waals surface area contributed by atoms with Gasteiger partial charge in [-0.25, -0.2) is 8.42 Å². The third-order valence-corrected chi connectivity index (χ3v) is 7.07. The Bertz CT molecular complexity index is 1090. The zero-order chi connectivity index (χ0) is 23.5. The number of benzene rings is 2. The van der Waals surface area contributed by atoms with Crippen molar-refractivity contribution in [3.05, 3.63) is 53.1 Å². The van der Waals surface area contributed by atoms with Gasteiger partial charge in [0.2, 0.25) is 0 Å². The van der Waals surface area contributed by atoms with Crippen LogP contribution in [0, 0.1) is 11.3 Å². The molecule has 2 aromatic rings. The van der Waals surface area contributed by atoms with Crippen LogP contribution in [0.4, 0.5) is 18.9 Å². The van der Waals surface area contributed by atoms with Crippen molar-refractivity contribution in [3.63, 3.8) is 0 Å². The summed E-state index contributed by atoms with van der Waals surface area (Å²) in [6.07, 6.45) is -3.18. The summed E-state index contributed by atoms with van der Waals surface area (Å²) in [7, 11) is -4.20. The Morgan fingerprint density at radius 2 is 1.88 bits per heavy atom. The molecule has 0 atom stereocenters. The highest BCUT2D eigenvalue weighted by Gasteiger charge is 2.32. The predicted molar refractivity (Wildman–Crippen MR) is 117 cm³/mol. The van der Waals surface area contributed by atoms with Crippen molar-refractivity contribution < 1.29 is 26.3 Å². The number of nitrogens with zero attached hydrogens (tertiary/aromatic N) is 1. The number of ether oxygens (including phenoxy) is 1. The van der Waals surface area contributed by atoms with E-state index in [1.807, 2.05) is 4.90 Å². The van der Waals surface area contributed by atoms with Crippen molar-refractivity contribution >= 4 is 33.1 Å². The highest BCUT2D eigenvalue weighted by Crippen LogP contribution is 2.35. The van der Waals surface area contributed by atoms with E-state index in [1.54, 1.807) is 13.0 Å². The van der Waals surface area contributed by atoms with Gasteiger partial charge in [0.15, 0.2) is 0 Å². The van der Waals surface area contributed by atoms with Gasteiger partial charge in [-0.05, 0) is 49.9 Å². The number of halogens is 4. The van der Waals surface area contributed by atoms with Crippen molar-refractivity contribution in [1.29, 1.82) is 5.41 Å². The van der Waals surface area contributed by atoms with Crippen molar-refractivity contribution in [3.8, 4) is 5.75 Å². The number of rotatable bonds is 6. The van der Waals surface area contributed by atoms with E-state index in [-0.39, 0.29) is 33.9 Å². The van der Waals surface area contributed by atoms with Gasteiger partial charge in [-0.1, -0.05) is 23.7 Å². The maximum absolute atomic E-state index is 13.4. The molecular formula is C21H23ClF3N3O3S. The molecule has 1 aliphatic rings. The lowest BCUT2D eigenvalue weighted by molar-refractivity contribution is -0.137. The molecule has 3 rings (SSSR count). The fourth-order valence-corrected chi connectivity index (χ4v) is 4.99. The molecule has 2 aromatic carbocycles. The van der Waals surface area contributed by atoms with Gasteiger partial charge in [-0.15, -0.1) is 0 Å². The molecule has 0 radical (unpaired) electrons. The minimum absolute atomic E-state index is 0.0463. The molecule has 0 aliphatic carbocycles. The number of amidine groups is 1. The van der Waals surface area contributed by atoms with E-state index in [4.69, 9.17) is 21.7 Å². The molecule has 1 heterocycles. The van der Waals surface area contributed by atoms with Crippen LogP contribution in [0.5, 0.6) is 5.75 Å². The van der Waals surface area contributed by atoms with Gasteiger partial charge in [0.05, 0.1) is 28.7 Å². The van der Waals surface area contributed by atoms with Crippen LogP contribution in [0.1, 0.15) is 25.3 Å². The number of piperidine rings is 1. The molecule has 6 nitrogen and oxygen atoms in total. The quantitative estimate of drug-likeness (QED) is 0.429. The summed E-state index contributed by atoms with van der Waals surface area (Å²) in [4.78, 5) is 1.69. The maximum Gasteiger partial charge on any atom is 0.416 e. The van der Waals surface area contributed by atoms with Gasteiger partial charge in [0.25, 0.3) is 10.0 Å². The summed E-state index contributed by atoms with van der Waals surface area (Å²) in [6, 6.07) is 8.44. The van der Waals surface area contributed by atoms with Gasteiger partial charge in [-0.3, -0.25) is 10.1 Å². The molecule has 0 amide bonds. The van der Waals surface area contributed by atoms with Crippen LogP contribution in [-0.4, -0.2) is 38.8 Å². The molecule has 0 spiro atoms. The molecule has 174 valence electrons. The first-order valence-electron chi connectivity index (χ1n) is 9.88.